The Morgan fingerprint density at radius 1 is 1.27 bits per heavy atom. The molecule has 30 heavy (non-hydrogen) atoms. The molecule has 2 aliphatic rings. The molecular weight excluding hydrogens is 397 g/mol. The van der Waals surface area contributed by atoms with Gasteiger partial charge in [0.25, 0.3) is 5.91 Å². The molecule has 3 heterocycles. The zero-order valence-corrected chi connectivity index (χ0v) is 16.7. The molecule has 1 fully saturated rings. The van der Waals surface area contributed by atoms with E-state index in [0.29, 0.717) is 56.7 Å². The molecule has 0 radical (unpaired) electrons. The van der Waals surface area contributed by atoms with Crippen LogP contribution in [0.2, 0.25) is 0 Å². The molecule has 1 unspecified atom stereocenters. The molecule has 2 N–H and O–H groups in total. The average Bonchev–Trinajstić information content (AvgIpc) is 3.33. The van der Waals surface area contributed by atoms with Gasteiger partial charge >= 0.3 is 6.18 Å². The van der Waals surface area contributed by atoms with Crippen molar-refractivity contribution in [3.05, 3.63) is 52.3 Å². The lowest BCUT2D eigenvalue weighted by atomic mass is 9.86. The topological polar surface area (TPSA) is 72.5 Å². The number of alkyl halides is 3. The van der Waals surface area contributed by atoms with Crippen LogP contribution in [-0.4, -0.2) is 50.3 Å². The molecule has 0 aliphatic carbocycles. The SMILES string of the molecule is CCC(O)N1Cc2[nH]nc(C(=O)N3CCC(c4ccccc4C(F)(F)F)CC3)c2C1. The highest BCUT2D eigenvalue weighted by Gasteiger charge is 2.37. The van der Waals surface area contributed by atoms with Crippen molar-refractivity contribution in [2.75, 3.05) is 13.1 Å². The first kappa shape index (κ1) is 20.9. The molecule has 2 aliphatic heterocycles. The van der Waals surface area contributed by atoms with Gasteiger partial charge < -0.3 is 10.0 Å². The van der Waals surface area contributed by atoms with Gasteiger partial charge in [-0.15, -0.1) is 0 Å². The highest BCUT2D eigenvalue weighted by atomic mass is 19.4. The number of benzene rings is 1. The van der Waals surface area contributed by atoms with Gasteiger partial charge in [-0.2, -0.15) is 18.3 Å². The van der Waals surface area contributed by atoms with Crippen LogP contribution in [0.5, 0.6) is 0 Å². The van der Waals surface area contributed by atoms with Crippen LogP contribution in [0, 0.1) is 0 Å². The molecule has 162 valence electrons. The predicted molar refractivity (Wildman–Crippen MR) is 103 cm³/mol. The van der Waals surface area contributed by atoms with Crippen molar-refractivity contribution >= 4 is 5.91 Å². The molecule has 9 heteroatoms. The van der Waals surface area contributed by atoms with Crippen molar-refractivity contribution in [2.45, 2.75) is 57.6 Å². The van der Waals surface area contributed by atoms with Crippen LogP contribution < -0.4 is 0 Å². The summed E-state index contributed by atoms with van der Waals surface area (Å²) in [4.78, 5) is 16.6. The Bertz CT molecular complexity index is 919. The van der Waals surface area contributed by atoms with E-state index in [2.05, 4.69) is 10.2 Å². The van der Waals surface area contributed by atoms with E-state index in [4.69, 9.17) is 0 Å². The number of amides is 1. The van der Waals surface area contributed by atoms with Gasteiger partial charge in [-0.05, 0) is 36.8 Å². The number of fused-ring (bicyclic) bond motifs is 1. The highest BCUT2D eigenvalue weighted by Crippen LogP contribution is 2.39. The van der Waals surface area contributed by atoms with E-state index in [0.717, 1.165) is 17.3 Å². The lowest BCUT2D eigenvalue weighted by Gasteiger charge is -2.33. The van der Waals surface area contributed by atoms with E-state index in [9.17, 15) is 23.1 Å². The lowest BCUT2D eigenvalue weighted by molar-refractivity contribution is -0.138. The third-order valence-electron chi connectivity index (χ3n) is 6.15. The Hall–Kier alpha value is -2.39. The first-order valence-corrected chi connectivity index (χ1v) is 10.2. The van der Waals surface area contributed by atoms with E-state index in [1.54, 1.807) is 17.0 Å². The number of nitrogens with zero attached hydrogens (tertiary/aromatic N) is 3. The van der Waals surface area contributed by atoms with Gasteiger partial charge in [0.2, 0.25) is 0 Å². The third kappa shape index (κ3) is 3.83. The number of likely N-dealkylation sites (tertiary alicyclic amines) is 1. The molecule has 6 nitrogen and oxygen atoms in total. The molecule has 4 rings (SSSR count). The van der Waals surface area contributed by atoms with Gasteiger partial charge in [-0.25, -0.2) is 0 Å². The summed E-state index contributed by atoms with van der Waals surface area (Å²) in [5.41, 5.74) is 1.71. The molecule has 1 aromatic heterocycles. The standard InChI is InChI=1S/C21H25F3N4O2/c1-2-18(29)28-11-15-17(12-28)25-26-19(15)20(30)27-9-7-13(8-10-27)14-5-3-4-6-16(14)21(22,23)24/h3-6,13,18,29H,2,7-12H2,1H3,(H,25,26). The fourth-order valence-electron chi connectivity index (χ4n) is 4.46. The van der Waals surface area contributed by atoms with E-state index in [1.807, 2.05) is 11.8 Å². The Balaban J connectivity index is 1.44. The summed E-state index contributed by atoms with van der Waals surface area (Å²) in [6.45, 7) is 3.64. The minimum atomic E-state index is -4.38. The third-order valence-corrected chi connectivity index (χ3v) is 6.15. The molecule has 0 bridgehead atoms. The fourth-order valence-corrected chi connectivity index (χ4v) is 4.46. The van der Waals surface area contributed by atoms with Gasteiger partial charge in [0, 0.05) is 31.7 Å². The van der Waals surface area contributed by atoms with Crippen LogP contribution >= 0.6 is 0 Å². The fraction of sp³-hybridized carbons (Fsp3) is 0.524. The minimum absolute atomic E-state index is 0.206. The first-order valence-electron chi connectivity index (χ1n) is 10.2. The van der Waals surface area contributed by atoms with Crippen molar-refractivity contribution in [2.24, 2.45) is 0 Å². The number of halogens is 3. The van der Waals surface area contributed by atoms with Crippen LogP contribution in [0.25, 0.3) is 0 Å². The van der Waals surface area contributed by atoms with Crippen LogP contribution in [0.3, 0.4) is 0 Å². The van der Waals surface area contributed by atoms with Crippen molar-refractivity contribution < 1.29 is 23.1 Å². The molecule has 0 spiro atoms. The van der Waals surface area contributed by atoms with Crippen molar-refractivity contribution in [1.29, 1.82) is 0 Å². The van der Waals surface area contributed by atoms with E-state index in [1.165, 1.54) is 6.07 Å². The summed E-state index contributed by atoms with van der Waals surface area (Å²) in [5, 5.41) is 17.1. The Morgan fingerprint density at radius 2 is 1.97 bits per heavy atom. The van der Waals surface area contributed by atoms with Crippen molar-refractivity contribution in [1.82, 2.24) is 20.0 Å². The lowest BCUT2D eigenvalue weighted by Crippen LogP contribution is -2.39. The number of rotatable bonds is 4. The quantitative estimate of drug-likeness (QED) is 0.791. The highest BCUT2D eigenvalue weighted by molar-refractivity contribution is 5.94. The molecule has 0 saturated carbocycles. The number of hydrogen-bond acceptors (Lipinski definition) is 4. The molecule has 1 saturated heterocycles. The van der Waals surface area contributed by atoms with Crippen LogP contribution in [-0.2, 0) is 19.3 Å². The summed E-state index contributed by atoms with van der Waals surface area (Å²) in [6, 6.07) is 5.70. The number of aromatic amines is 1. The number of nitrogens with one attached hydrogen (secondary N) is 1. The van der Waals surface area contributed by atoms with E-state index < -0.39 is 18.0 Å². The summed E-state index contributed by atoms with van der Waals surface area (Å²) < 4.78 is 40.0. The van der Waals surface area contributed by atoms with Crippen LogP contribution in [0.1, 0.15) is 65.0 Å². The zero-order chi connectivity index (χ0) is 21.5. The molecular formula is C21H25F3N4O2. The Kier molecular flexibility index (Phi) is 5.59. The van der Waals surface area contributed by atoms with Crippen LogP contribution in [0.4, 0.5) is 13.2 Å². The molecule has 1 atom stereocenters. The maximum absolute atomic E-state index is 13.3. The second kappa shape index (κ2) is 8.03. The summed E-state index contributed by atoms with van der Waals surface area (Å²) in [7, 11) is 0. The molecule has 1 aromatic carbocycles. The Labute approximate surface area is 172 Å². The van der Waals surface area contributed by atoms with Crippen molar-refractivity contribution in [3.8, 4) is 0 Å². The Morgan fingerprint density at radius 3 is 2.63 bits per heavy atom. The number of hydrogen-bond donors (Lipinski definition) is 2. The monoisotopic (exact) mass is 422 g/mol. The first-order chi connectivity index (χ1) is 14.3. The smallest absolute Gasteiger partial charge is 0.378 e. The maximum atomic E-state index is 13.3. The van der Waals surface area contributed by atoms with Gasteiger partial charge in [-0.3, -0.25) is 14.8 Å². The number of piperidine rings is 1. The normalized spacial score (nSPS) is 19.2. The number of aromatic nitrogens is 2. The summed E-state index contributed by atoms with van der Waals surface area (Å²) in [5.74, 6) is -0.435. The number of carbonyl (C=O) groups is 1. The zero-order valence-electron chi connectivity index (χ0n) is 16.7. The summed E-state index contributed by atoms with van der Waals surface area (Å²) >= 11 is 0. The molecule has 2 aromatic rings. The second-order valence-corrected chi connectivity index (χ2v) is 7.97. The van der Waals surface area contributed by atoms with Gasteiger partial charge in [0.1, 0.15) is 6.23 Å². The second-order valence-electron chi connectivity index (χ2n) is 7.97. The molecule has 1 amide bonds. The maximum Gasteiger partial charge on any atom is 0.416 e. The van der Waals surface area contributed by atoms with E-state index in [-0.39, 0.29) is 11.8 Å². The number of H-pyrrole nitrogens is 1. The minimum Gasteiger partial charge on any atom is -0.378 e. The number of aliphatic hydroxyl groups is 1. The van der Waals surface area contributed by atoms with Gasteiger partial charge in [-0.1, -0.05) is 25.1 Å². The van der Waals surface area contributed by atoms with Crippen molar-refractivity contribution in [3.63, 3.8) is 0 Å². The van der Waals surface area contributed by atoms with Gasteiger partial charge in [0.15, 0.2) is 5.69 Å². The van der Waals surface area contributed by atoms with Gasteiger partial charge in [0.05, 0.1) is 11.3 Å². The number of aliphatic hydroxyl groups excluding tert-OH is 1. The van der Waals surface area contributed by atoms with E-state index >= 15 is 0 Å². The number of carbonyl (C=O) groups excluding carboxylic acids is 1. The summed E-state index contributed by atoms with van der Waals surface area (Å²) in [6.07, 6.45) is -3.40. The predicted octanol–water partition coefficient (Wildman–Crippen LogP) is 3.49. The van der Waals surface area contributed by atoms with Crippen LogP contribution in [0.15, 0.2) is 24.3 Å². The largest absolute Gasteiger partial charge is 0.416 e. The average molecular weight is 422 g/mol.